The second-order valence-corrected chi connectivity index (χ2v) is 7.18. The lowest BCUT2D eigenvalue weighted by Gasteiger charge is -2.28. The van der Waals surface area contributed by atoms with Gasteiger partial charge in [0, 0.05) is 18.6 Å². The molecular weight excluding hydrogens is 432 g/mol. The number of aromatic nitrogens is 3. The number of nitrogens with zero attached hydrogens (tertiary/aromatic N) is 5. The Morgan fingerprint density at radius 1 is 1.34 bits per heavy atom. The zero-order valence-corrected chi connectivity index (χ0v) is 17.5. The molecule has 1 atom stereocenters. The third-order valence-corrected chi connectivity index (χ3v) is 4.77. The molecule has 4 rings (SSSR count). The highest BCUT2D eigenvalue weighted by Crippen LogP contribution is 2.30. The Labute approximate surface area is 200 Å². The van der Waals surface area contributed by atoms with E-state index in [0.29, 0.717) is 11.1 Å². The minimum Gasteiger partial charge on any atom is -0.476 e. The van der Waals surface area contributed by atoms with Gasteiger partial charge in [-0.2, -0.15) is 5.26 Å². The molecule has 1 saturated heterocycles. The maximum atomic E-state index is 11.7. The molecule has 0 aliphatic carbocycles. The summed E-state index contributed by atoms with van der Waals surface area (Å²) in [6, 6.07) is 7.03. The van der Waals surface area contributed by atoms with Gasteiger partial charge < -0.3 is 20.1 Å². The van der Waals surface area contributed by atoms with Crippen LogP contribution in [0.15, 0.2) is 24.3 Å². The van der Waals surface area contributed by atoms with Crippen LogP contribution < -0.4 is 10.2 Å². The number of benzene rings is 1. The number of aromatic carboxylic acids is 1. The molecule has 164 valence electrons. The van der Waals surface area contributed by atoms with E-state index in [1.54, 1.807) is 32.0 Å². The number of carboxylic acid groups (broad SMARTS) is 1. The Kier molecular flexibility index (Phi) is 3.87. The fourth-order valence-corrected chi connectivity index (χ4v) is 3.35. The number of carbonyl (C=O) groups is 1. The number of morpholine rings is 1. The summed E-state index contributed by atoms with van der Waals surface area (Å²) in [7, 11) is 0. The number of nitriles is 1. The van der Waals surface area contributed by atoms with Crippen LogP contribution in [0.3, 0.4) is 0 Å². The molecule has 0 bridgehead atoms. The zero-order valence-electron chi connectivity index (χ0n) is 24.8. The lowest BCUT2D eigenvalue weighted by atomic mass is 10.0. The van der Waals surface area contributed by atoms with E-state index in [1.165, 1.54) is 12.1 Å². The van der Waals surface area contributed by atoms with Crippen molar-refractivity contribution in [2.75, 3.05) is 36.3 Å². The van der Waals surface area contributed by atoms with Gasteiger partial charge in [-0.25, -0.2) is 19.7 Å². The van der Waals surface area contributed by atoms with Crippen LogP contribution in [0.1, 0.15) is 51.2 Å². The predicted molar refractivity (Wildman–Crippen MR) is 120 cm³/mol. The summed E-state index contributed by atoms with van der Waals surface area (Å²) in [5.74, 6) is -2.09. The van der Waals surface area contributed by atoms with Crippen molar-refractivity contribution in [2.45, 2.75) is 19.9 Å². The average Bonchev–Trinajstić information content (AvgIpc) is 2.82. The van der Waals surface area contributed by atoms with Gasteiger partial charge in [0.1, 0.15) is 11.2 Å². The topological polar surface area (TPSA) is 124 Å². The Bertz CT molecular complexity index is 1560. The van der Waals surface area contributed by atoms with Crippen LogP contribution in [0.4, 0.5) is 11.5 Å². The first-order valence-electron chi connectivity index (χ1n) is 13.2. The number of pyridine rings is 1. The van der Waals surface area contributed by atoms with Crippen molar-refractivity contribution in [3.05, 3.63) is 51.9 Å². The number of hydrogen-bond donors (Lipinski definition) is 2. The van der Waals surface area contributed by atoms with Gasteiger partial charge in [0.2, 0.25) is 0 Å². The Hall–Kier alpha value is -3.48. The van der Waals surface area contributed by atoms with Gasteiger partial charge in [-0.05, 0) is 37.6 Å². The number of aryl methyl sites for hydroxylation is 1. The molecule has 9 nitrogen and oxygen atoms in total. The third kappa shape index (κ3) is 4.28. The highest BCUT2D eigenvalue weighted by Gasteiger charge is 2.22. The average molecular weight is 461 g/mol. The molecule has 1 fully saturated rings. The number of hydrogen-bond acceptors (Lipinski definition) is 8. The summed E-state index contributed by atoms with van der Waals surface area (Å²) in [6.07, 6.45) is 0. The van der Waals surface area contributed by atoms with E-state index in [1.807, 2.05) is 0 Å². The number of carboxylic acids is 1. The molecule has 2 N–H and O–H groups in total. The van der Waals surface area contributed by atoms with Crippen LogP contribution >= 0.6 is 11.6 Å². The second kappa shape index (κ2) is 8.94. The van der Waals surface area contributed by atoms with Crippen molar-refractivity contribution in [1.82, 2.24) is 15.0 Å². The normalized spacial score (nSPS) is 24.8. The van der Waals surface area contributed by atoms with Crippen molar-refractivity contribution >= 4 is 40.1 Å². The summed E-state index contributed by atoms with van der Waals surface area (Å²) in [4.78, 5) is 24.2. The lowest BCUT2D eigenvalue weighted by molar-refractivity contribution is 0.0691. The van der Waals surface area contributed by atoms with Crippen LogP contribution in [0.2, 0.25) is 5.15 Å². The third-order valence-electron chi connectivity index (χ3n) is 4.56. The number of ether oxygens (including phenoxy) is 1. The van der Waals surface area contributed by atoms with E-state index in [0.717, 1.165) is 0 Å². The van der Waals surface area contributed by atoms with Crippen molar-refractivity contribution in [3.63, 3.8) is 0 Å². The second-order valence-electron chi connectivity index (χ2n) is 6.80. The Morgan fingerprint density at radius 2 is 2.09 bits per heavy atom. The summed E-state index contributed by atoms with van der Waals surface area (Å²) in [5.41, 5.74) is 0.409. The first-order valence-corrected chi connectivity index (χ1v) is 9.61. The van der Waals surface area contributed by atoms with Gasteiger partial charge in [-0.3, -0.25) is 0 Å². The van der Waals surface area contributed by atoms with Crippen LogP contribution in [-0.2, 0) is 4.74 Å². The molecule has 3 heterocycles. The molecule has 1 aliphatic rings. The first-order chi connectivity index (χ1) is 18.3. The molecule has 10 heteroatoms. The molecule has 0 amide bonds. The van der Waals surface area contributed by atoms with E-state index in [-0.39, 0.29) is 32.5 Å². The largest absolute Gasteiger partial charge is 0.476 e. The quantitative estimate of drug-likeness (QED) is 0.549. The van der Waals surface area contributed by atoms with E-state index in [2.05, 4.69) is 25.0 Å². The van der Waals surface area contributed by atoms with Crippen LogP contribution in [0, 0.1) is 18.3 Å². The Balaban J connectivity index is 1.95. The highest BCUT2D eigenvalue weighted by molar-refractivity contribution is 6.29. The van der Waals surface area contributed by atoms with Gasteiger partial charge >= 0.3 is 5.97 Å². The van der Waals surface area contributed by atoms with E-state index in [4.69, 9.17) is 22.6 Å². The van der Waals surface area contributed by atoms with E-state index >= 15 is 0 Å². The van der Waals surface area contributed by atoms with Gasteiger partial charge in [0.05, 0.1) is 46.8 Å². The zero-order chi connectivity index (χ0) is 30.0. The number of halogens is 1. The molecule has 0 radical (unpaired) electrons. The summed E-state index contributed by atoms with van der Waals surface area (Å²) in [6.45, 7) is -10.1. The van der Waals surface area contributed by atoms with E-state index < -0.39 is 49.6 Å². The first kappa shape index (κ1) is 13.8. The van der Waals surface area contributed by atoms with Crippen molar-refractivity contribution in [2.24, 2.45) is 0 Å². The number of rotatable bonds is 5. The molecule has 1 aliphatic heterocycles. The SMILES string of the molecule is [2H]C1([2H])OC([2H])([2H])C([2H])([2H])N(c2nc3c([C@@H](C)Nc4ccc(Cl)nc4C(=O)O)cc(C)cc3nc2C#N)C1([2H])[2H]. The maximum Gasteiger partial charge on any atom is 0.356 e. The number of nitrogens with one attached hydrogen (secondary N) is 1. The number of fused-ring (bicyclic) bond motifs is 1. The Morgan fingerprint density at radius 3 is 2.78 bits per heavy atom. The molecule has 1 aromatic carbocycles. The minimum atomic E-state index is -3.37. The standard InChI is InChI=1S/C22H21ClN6O3/c1-12-9-14(13(2)25-15-3-4-18(23)27-20(15)22(30)31)19-16(10-12)26-17(11-24)21(28-19)29-5-7-32-8-6-29/h3-4,9-10,13,25H,5-8H2,1-2H3,(H,30,31)/t13-/m1/s1/i5D2,6D2,7D2,8D2. The van der Waals surface area contributed by atoms with Crippen molar-refractivity contribution < 1.29 is 25.6 Å². The van der Waals surface area contributed by atoms with Crippen molar-refractivity contribution in [1.29, 1.82) is 5.26 Å². The van der Waals surface area contributed by atoms with Gasteiger partial charge in [-0.15, -0.1) is 0 Å². The van der Waals surface area contributed by atoms with Crippen LogP contribution in [0.5, 0.6) is 0 Å². The van der Waals surface area contributed by atoms with Crippen LogP contribution in [-0.4, -0.2) is 52.1 Å². The molecule has 0 unspecified atom stereocenters. The van der Waals surface area contributed by atoms with Gasteiger partial charge in [0.25, 0.3) is 0 Å². The summed E-state index contributed by atoms with van der Waals surface area (Å²) in [5, 5.41) is 22.3. The fourth-order valence-electron chi connectivity index (χ4n) is 3.21. The smallest absolute Gasteiger partial charge is 0.356 e. The van der Waals surface area contributed by atoms with Gasteiger partial charge in [-0.1, -0.05) is 17.7 Å². The molecule has 2 aromatic heterocycles. The minimum absolute atomic E-state index is 0.0371. The molecule has 0 spiro atoms. The van der Waals surface area contributed by atoms with Crippen molar-refractivity contribution in [3.8, 4) is 6.07 Å². The summed E-state index contributed by atoms with van der Waals surface area (Å²) < 4.78 is 69.9. The number of anilines is 2. The van der Waals surface area contributed by atoms with Crippen LogP contribution in [0.25, 0.3) is 11.0 Å². The molecular formula is C22H21ClN6O3. The predicted octanol–water partition coefficient (Wildman–Crippen LogP) is 3.57. The molecule has 3 aromatic rings. The lowest BCUT2D eigenvalue weighted by Crippen LogP contribution is -2.37. The van der Waals surface area contributed by atoms with E-state index in [9.17, 15) is 15.2 Å². The monoisotopic (exact) mass is 460 g/mol. The molecule has 0 saturated carbocycles. The summed E-state index contributed by atoms with van der Waals surface area (Å²) >= 11 is 5.84. The fraction of sp³-hybridized carbons (Fsp3) is 0.318. The molecule has 32 heavy (non-hydrogen) atoms. The highest BCUT2D eigenvalue weighted by atomic mass is 35.5. The van der Waals surface area contributed by atoms with Gasteiger partial charge in [0.15, 0.2) is 17.2 Å². The maximum absolute atomic E-state index is 11.7.